The highest BCUT2D eigenvalue weighted by Gasteiger charge is 2.15. The number of rotatable bonds is 4. The molecule has 0 aromatic rings. The largest absolute Gasteiger partial charge is 0.393 e. The number of alkyl halides is 1. The van der Waals surface area contributed by atoms with Crippen LogP contribution in [-0.4, -0.2) is 41.6 Å². The smallest absolute Gasteiger partial charge is 0.0564 e. The highest BCUT2D eigenvalue weighted by atomic mass is 35.5. The Kier molecular flexibility index (Phi) is 4.96. The molecular formula is C9H18ClNO. The van der Waals surface area contributed by atoms with Gasteiger partial charge in [0.2, 0.25) is 0 Å². The van der Waals surface area contributed by atoms with Crippen LogP contribution in [0.2, 0.25) is 0 Å². The molecule has 0 aromatic carbocycles. The maximum absolute atomic E-state index is 9.25. The lowest BCUT2D eigenvalue weighted by atomic mass is 10.1. The predicted molar refractivity (Wildman–Crippen MR) is 51.6 cm³/mol. The molecule has 1 heterocycles. The molecule has 0 radical (unpaired) electrons. The van der Waals surface area contributed by atoms with Crippen molar-refractivity contribution < 1.29 is 5.11 Å². The summed E-state index contributed by atoms with van der Waals surface area (Å²) in [5.74, 6) is 0.774. The normalized spacial score (nSPS) is 21.5. The van der Waals surface area contributed by atoms with E-state index in [1.54, 1.807) is 0 Å². The van der Waals surface area contributed by atoms with Gasteiger partial charge >= 0.3 is 0 Å². The fourth-order valence-corrected chi connectivity index (χ4v) is 1.76. The molecule has 0 bridgehead atoms. The molecule has 72 valence electrons. The lowest BCUT2D eigenvalue weighted by Gasteiger charge is -2.29. The van der Waals surface area contributed by atoms with Gasteiger partial charge in [0.05, 0.1) is 6.10 Å². The van der Waals surface area contributed by atoms with E-state index in [9.17, 15) is 5.11 Å². The second kappa shape index (κ2) is 5.79. The number of aliphatic hydroxyl groups is 1. The molecule has 2 nitrogen and oxygen atoms in total. The van der Waals surface area contributed by atoms with Crippen LogP contribution in [0.15, 0.2) is 0 Å². The minimum Gasteiger partial charge on any atom is -0.393 e. The third-order valence-electron chi connectivity index (χ3n) is 2.42. The van der Waals surface area contributed by atoms with Gasteiger partial charge in [0, 0.05) is 19.0 Å². The summed E-state index contributed by atoms with van der Waals surface area (Å²) >= 11 is 5.58. The lowest BCUT2D eigenvalue weighted by molar-refractivity contribution is 0.0820. The molecule has 0 aliphatic carbocycles. The maximum Gasteiger partial charge on any atom is 0.0564 e. The summed E-state index contributed by atoms with van der Waals surface area (Å²) in [6.07, 6.45) is 4.15. The molecule has 1 saturated heterocycles. The summed E-state index contributed by atoms with van der Waals surface area (Å²) in [5, 5.41) is 9.25. The molecular weight excluding hydrogens is 174 g/mol. The SMILES string of the molecule is OC1CCN(CCCCCl)CC1. The van der Waals surface area contributed by atoms with Gasteiger partial charge in [-0.1, -0.05) is 0 Å². The van der Waals surface area contributed by atoms with Crippen LogP contribution in [-0.2, 0) is 0 Å². The van der Waals surface area contributed by atoms with Gasteiger partial charge in [-0.2, -0.15) is 0 Å². The highest BCUT2D eigenvalue weighted by Crippen LogP contribution is 2.10. The Morgan fingerprint density at radius 3 is 2.50 bits per heavy atom. The highest BCUT2D eigenvalue weighted by molar-refractivity contribution is 6.17. The van der Waals surface area contributed by atoms with Gasteiger partial charge in [-0.05, 0) is 32.2 Å². The van der Waals surface area contributed by atoms with Crippen molar-refractivity contribution in [3.8, 4) is 0 Å². The molecule has 1 rings (SSSR count). The molecule has 1 N–H and O–H groups in total. The number of piperidine rings is 1. The summed E-state index contributed by atoms with van der Waals surface area (Å²) < 4.78 is 0. The summed E-state index contributed by atoms with van der Waals surface area (Å²) in [4.78, 5) is 2.42. The molecule has 0 spiro atoms. The second-order valence-corrected chi connectivity index (χ2v) is 3.85. The van der Waals surface area contributed by atoms with Crippen molar-refractivity contribution in [1.82, 2.24) is 4.90 Å². The lowest BCUT2D eigenvalue weighted by Crippen LogP contribution is -2.36. The molecule has 0 amide bonds. The van der Waals surface area contributed by atoms with Gasteiger partial charge in [-0.25, -0.2) is 0 Å². The van der Waals surface area contributed by atoms with Crippen LogP contribution in [0.3, 0.4) is 0 Å². The van der Waals surface area contributed by atoms with Crippen molar-refractivity contribution in [3.05, 3.63) is 0 Å². The van der Waals surface area contributed by atoms with Crippen LogP contribution in [0.1, 0.15) is 25.7 Å². The first-order chi connectivity index (χ1) is 5.83. The number of unbranched alkanes of at least 4 members (excludes halogenated alkanes) is 1. The van der Waals surface area contributed by atoms with Crippen LogP contribution in [0.4, 0.5) is 0 Å². The first kappa shape index (κ1) is 10.3. The number of aliphatic hydroxyl groups excluding tert-OH is 1. The van der Waals surface area contributed by atoms with E-state index in [1.807, 2.05) is 0 Å². The molecule has 0 aromatic heterocycles. The molecule has 3 heteroatoms. The van der Waals surface area contributed by atoms with Gasteiger partial charge in [0.25, 0.3) is 0 Å². The molecule has 0 atom stereocenters. The van der Waals surface area contributed by atoms with E-state index in [2.05, 4.69) is 4.90 Å². The number of nitrogens with zero attached hydrogens (tertiary/aromatic N) is 1. The monoisotopic (exact) mass is 191 g/mol. The first-order valence-corrected chi connectivity index (χ1v) is 5.33. The van der Waals surface area contributed by atoms with Gasteiger partial charge in [0.1, 0.15) is 0 Å². The summed E-state index contributed by atoms with van der Waals surface area (Å²) in [6.45, 7) is 3.27. The van der Waals surface area contributed by atoms with Crippen LogP contribution in [0.5, 0.6) is 0 Å². The van der Waals surface area contributed by atoms with Crippen molar-refractivity contribution in [2.45, 2.75) is 31.8 Å². The minimum absolute atomic E-state index is 0.0470. The van der Waals surface area contributed by atoms with E-state index in [1.165, 1.54) is 6.42 Å². The Labute approximate surface area is 79.5 Å². The predicted octanol–water partition coefficient (Wildman–Crippen LogP) is 1.46. The van der Waals surface area contributed by atoms with Crippen molar-refractivity contribution in [1.29, 1.82) is 0 Å². The summed E-state index contributed by atoms with van der Waals surface area (Å²) in [7, 11) is 0. The van der Waals surface area contributed by atoms with Crippen molar-refractivity contribution in [2.75, 3.05) is 25.5 Å². The molecule has 0 saturated carbocycles. The fraction of sp³-hybridized carbons (Fsp3) is 1.00. The van der Waals surface area contributed by atoms with Crippen LogP contribution in [0, 0.1) is 0 Å². The fourth-order valence-electron chi connectivity index (χ4n) is 1.57. The average molecular weight is 192 g/mol. The zero-order valence-electron chi connectivity index (χ0n) is 7.51. The zero-order valence-corrected chi connectivity index (χ0v) is 8.26. The number of halogens is 1. The standard InChI is InChI=1S/C9H18ClNO/c10-5-1-2-6-11-7-3-9(12)4-8-11/h9,12H,1-8H2. The average Bonchev–Trinajstić information content (AvgIpc) is 2.09. The Bertz CT molecular complexity index is 113. The van der Waals surface area contributed by atoms with Crippen LogP contribution < -0.4 is 0 Å². The van der Waals surface area contributed by atoms with Crippen molar-refractivity contribution >= 4 is 11.6 Å². The number of hydrogen-bond donors (Lipinski definition) is 1. The molecule has 1 aliphatic heterocycles. The zero-order chi connectivity index (χ0) is 8.81. The van der Waals surface area contributed by atoms with E-state index in [4.69, 9.17) is 11.6 Å². The molecule has 12 heavy (non-hydrogen) atoms. The topological polar surface area (TPSA) is 23.5 Å². The van der Waals surface area contributed by atoms with Gasteiger partial charge in [-0.15, -0.1) is 11.6 Å². The maximum atomic E-state index is 9.25. The van der Waals surface area contributed by atoms with Gasteiger partial charge < -0.3 is 10.0 Å². The summed E-state index contributed by atoms with van der Waals surface area (Å²) in [6, 6.07) is 0. The van der Waals surface area contributed by atoms with E-state index in [0.29, 0.717) is 0 Å². The minimum atomic E-state index is -0.0470. The van der Waals surface area contributed by atoms with Gasteiger partial charge in [0.15, 0.2) is 0 Å². The van der Waals surface area contributed by atoms with Crippen molar-refractivity contribution in [3.63, 3.8) is 0 Å². The second-order valence-electron chi connectivity index (χ2n) is 3.47. The van der Waals surface area contributed by atoms with Crippen molar-refractivity contribution in [2.24, 2.45) is 0 Å². The Morgan fingerprint density at radius 2 is 1.92 bits per heavy atom. The third-order valence-corrected chi connectivity index (χ3v) is 2.68. The Balaban J connectivity index is 2.01. The first-order valence-electron chi connectivity index (χ1n) is 4.79. The van der Waals surface area contributed by atoms with Crippen LogP contribution in [0.25, 0.3) is 0 Å². The van der Waals surface area contributed by atoms with Crippen LogP contribution >= 0.6 is 11.6 Å². The van der Waals surface area contributed by atoms with E-state index in [-0.39, 0.29) is 6.10 Å². The van der Waals surface area contributed by atoms with E-state index in [0.717, 1.165) is 44.8 Å². The Morgan fingerprint density at radius 1 is 1.25 bits per heavy atom. The molecule has 1 fully saturated rings. The summed E-state index contributed by atoms with van der Waals surface area (Å²) in [5.41, 5.74) is 0. The van der Waals surface area contributed by atoms with E-state index >= 15 is 0 Å². The third kappa shape index (κ3) is 3.74. The number of likely N-dealkylation sites (tertiary alicyclic amines) is 1. The quantitative estimate of drug-likeness (QED) is 0.538. The molecule has 1 aliphatic rings. The van der Waals surface area contributed by atoms with Gasteiger partial charge in [-0.3, -0.25) is 0 Å². The number of hydrogen-bond acceptors (Lipinski definition) is 2. The van der Waals surface area contributed by atoms with E-state index < -0.39 is 0 Å². The molecule has 0 unspecified atom stereocenters. The Hall–Kier alpha value is 0.210.